The molecule has 3 unspecified atom stereocenters. The molecule has 2 N–H and O–H groups in total. The molecule has 0 bridgehead atoms. The topological polar surface area (TPSA) is 67.4 Å². The Hall–Kier alpha value is -1.52. The highest BCUT2D eigenvalue weighted by molar-refractivity contribution is 5.73. The van der Waals surface area contributed by atoms with Gasteiger partial charge in [-0.25, -0.2) is 4.79 Å². The van der Waals surface area contributed by atoms with E-state index in [-0.39, 0.29) is 17.9 Å². The second kappa shape index (κ2) is 9.58. The first-order valence-electron chi connectivity index (χ1n) is 8.74. The van der Waals surface area contributed by atoms with Crippen molar-refractivity contribution in [3.8, 4) is 0 Å². The summed E-state index contributed by atoms with van der Waals surface area (Å²) in [7, 11) is 0. The van der Waals surface area contributed by atoms with Crippen molar-refractivity contribution < 1.29 is 14.3 Å². The Labute approximate surface area is 140 Å². The number of rotatable bonds is 7. The summed E-state index contributed by atoms with van der Waals surface area (Å²) >= 11 is 0. The number of carbonyl (C=O) groups is 2. The number of allylic oxidation sites excluding steroid dienone is 1. The molecule has 1 aliphatic carbocycles. The van der Waals surface area contributed by atoms with E-state index in [0.717, 1.165) is 6.42 Å². The van der Waals surface area contributed by atoms with Crippen molar-refractivity contribution >= 4 is 12.0 Å². The minimum absolute atomic E-state index is 0.116. The van der Waals surface area contributed by atoms with Gasteiger partial charge in [0.15, 0.2) is 0 Å². The average Bonchev–Trinajstić information content (AvgIpc) is 2.47. The first-order valence-corrected chi connectivity index (χ1v) is 8.74. The monoisotopic (exact) mass is 324 g/mol. The molecule has 0 aliphatic heterocycles. The van der Waals surface area contributed by atoms with Crippen molar-refractivity contribution in [2.45, 2.75) is 47.5 Å². The molecule has 0 aromatic rings. The van der Waals surface area contributed by atoms with Gasteiger partial charge in [-0.1, -0.05) is 25.5 Å². The van der Waals surface area contributed by atoms with E-state index in [9.17, 15) is 9.59 Å². The fourth-order valence-electron chi connectivity index (χ4n) is 3.36. The van der Waals surface area contributed by atoms with Gasteiger partial charge in [-0.3, -0.25) is 4.79 Å². The first kappa shape index (κ1) is 19.5. The van der Waals surface area contributed by atoms with Crippen molar-refractivity contribution in [3.05, 3.63) is 11.6 Å². The fourth-order valence-corrected chi connectivity index (χ4v) is 3.36. The van der Waals surface area contributed by atoms with E-state index in [1.807, 2.05) is 13.8 Å². The molecular weight excluding hydrogens is 292 g/mol. The summed E-state index contributed by atoms with van der Waals surface area (Å²) < 4.78 is 5.09. The van der Waals surface area contributed by atoms with Crippen molar-refractivity contribution in [2.75, 3.05) is 19.7 Å². The quantitative estimate of drug-likeness (QED) is 0.558. The van der Waals surface area contributed by atoms with Crippen molar-refractivity contribution in [1.29, 1.82) is 0 Å². The Bertz CT molecular complexity index is 432. The molecule has 0 radical (unpaired) electrons. The molecule has 0 spiro atoms. The van der Waals surface area contributed by atoms with E-state index in [1.54, 1.807) is 0 Å². The number of hydrogen-bond donors (Lipinski definition) is 2. The highest BCUT2D eigenvalue weighted by Gasteiger charge is 2.32. The Kier molecular flexibility index (Phi) is 8.13. The minimum Gasteiger partial charge on any atom is -0.466 e. The number of urea groups is 1. The maximum Gasteiger partial charge on any atom is 0.314 e. The van der Waals surface area contributed by atoms with Crippen LogP contribution in [-0.2, 0) is 9.53 Å². The Morgan fingerprint density at radius 2 is 2.00 bits per heavy atom. The van der Waals surface area contributed by atoms with Crippen LogP contribution >= 0.6 is 0 Å². The highest BCUT2D eigenvalue weighted by Crippen LogP contribution is 2.38. The van der Waals surface area contributed by atoms with Crippen LogP contribution in [0, 0.1) is 23.7 Å². The molecule has 3 atom stereocenters. The molecule has 0 fully saturated rings. The average molecular weight is 324 g/mol. The van der Waals surface area contributed by atoms with Crippen LogP contribution in [-0.4, -0.2) is 31.7 Å². The van der Waals surface area contributed by atoms with Gasteiger partial charge in [-0.15, -0.1) is 0 Å². The lowest BCUT2D eigenvalue weighted by atomic mass is 9.70. The Morgan fingerprint density at radius 1 is 1.30 bits per heavy atom. The van der Waals surface area contributed by atoms with Gasteiger partial charge in [-0.05, 0) is 50.9 Å². The molecule has 2 amide bonds. The normalized spacial score (nSPS) is 24.1. The summed E-state index contributed by atoms with van der Waals surface area (Å²) in [6.07, 6.45) is 3.67. The molecule has 0 heterocycles. The number of amides is 2. The molecule has 132 valence electrons. The van der Waals surface area contributed by atoms with Crippen LogP contribution in [0.5, 0.6) is 0 Å². The zero-order chi connectivity index (χ0) is 17.4. The second-order valence-corrected chi connectivity index (χ2v) is 6.66. The molecule has 1 rings (SSSR count). The Balaban J connectivity index is 2.72. The van der Waals surface area contributed by atoms with E-state index < -0.39 is 0 Å². The zero-order valence-electron chi connectivity index (χ0n) is 15.1. The highest BCUT2D eigenvalue weighted by atomic mass is 16.5. The van der Waals surface area contributed by atoms with Gasteiger partial charge in [0, 0.05) is 13.1 Å². The SMILES string of the molecule is CCNC(=O)NCC1C=C(C)C(CC(=O)OCC)CC1C(C)C. The molecule has 0 aromatic heterocycles. The lowest BCUT2D eigenvalue weighted by Gasteiger charge is -2.37. The van der Waals surface area contributed by atoms with Crippen LogP contribution < -0.4 is 10.6 Å². The third kappa shape index (κ3) is 6.24. The van der Waals surface area contributed by atoms with Crippen molar-refractivity contribution in [1.82, 2.24) is 10.6 Å². The molecule has 0 aromatic carbocycles. The summed E-state index contributed by atoms with van der Waals surface area (Å²) in [5.41, 5.74) is 1.23. The van der Waals surface area contributed by atoms with E-state index in [2.05, 4.69) is 37.5 Å². The van der Waals surface area contributed by atoms with Gasteiger partial charge in [0.25, 0.3) is 0 Å². The summed E-state index contributed by atoms with van der Waals surface area (Å²) in [5.74, 6) is 1.41. The molecule has 0 saturated heterocycles. The predicted molar refractivity (Wildman–Crippen MR) is 92.0 cm³/mol. The fraction of sp³-hybridized carbons (Fsp3) is 0.778. The molecule has 5 heteroatoms. The summed E-state index contributed by atoms with van der Waals surface area (Å²) in [4.78, 5) is 23.4. The maximum atomic E-state index is 11.8. The van der Waals surface area contributed by atoms with Crippen molar-refractivity contribution in [3.63, 3.8) is 0 Å². The molecule has 1 aliphatic rings. The number of hydrogen-bond acceptors (Lipinski definition) is 3. The van der Waals surface area contributed by atoms with Gasteiger partial charge >= 0.3 is 12.0 Å². The standard InChI is InChI=1S/C18H32N2O3/c1-6-19-18(22)20-11-15-8-13(5)14(9-16(15)12(3)4)10-17(21)23-7-2/h8,12,14-16H,6-7,9-11H2,1-5H3,(H2,19,20,22). The number of carbonyl (C=O) groups excluding carboxylic acids is 2. The zero-order valence-corrected chi connectivity index (χ0v) is 15.1. The maximum absolute atomic E-state index is 11.8. The minimum atomic E-state index is -0.119. The third-order valence-corrected chi connectivity index (χ3v) is 4.64. The summed E-state index contributed by atoms with van der Waals surface area (Å²) in [6.45, 7) is 11.9. The lowest BCUT2D eigenvalue weighted by molar-refractivity contribution is -0.144. The predicted octanol–water partition coefficient (Wildman–Crippen LogP) is 3.11. The largest absolute Gasteiger partial charge is 0.466 e. The third-order valence-electron chi connectivity index (χ3n) is 4.64. The second-order valence-electron chi connectivity index (χ2n) is 6.66. The lowest BCUT2D eigenvalue weighted by Crippen LogP contribution is -2.41. The van der Waals surface area contributed by atoms with Crippen LogP contribution in [0.25, 0.3) is 0 Å². The van der Waals surface area contributed by atoms with Gasteiger partial charge in [0.2, 0.25) is 0 Å². The van der Waals surface area contributed by atoms with Crippen molar-refractivity contribution in [2.24, 2.45) is 23.7 Å². The number of esters is 1. The summed E-state index contributed by atoms with van der Waals surface area (Å²) in [6, 6.07) is -0.116. The van der Waals surface area contributed by atoms with Gasteiger partial charge in [0.05, 0.1) is 13.0 Å². The molecule has 5 nitrogen and oxygen atoms in total. The van der Waals surface area contributed by atoms with E-state index in [4.69, 9.17) is 4.74 Å². The number of ether oxygens (including phenoxy) is 1. The van der Waals surface area contributed by atoms with Crippen LogP contribution in [0.4, 0.5) is 4.79 Å². The van der Waals surface area contributed by atoms with Crippen LogP contribution in [0.3, 0.4) is 0 Å². The first-order chi connectivity index (χ1) is 10.9. The van der Waals surface area contributed by atoms with Gasteiger partial charge in [0.1, 0.15) is 0 Å². The smallest absolute Gasteiger partial charge is 0.314 e. The van der Waals surface area contributed by atoms with Crippen LogP contribution in [0.1, 0.15) is 47.5 Å². The Morgan fingerprint density at radius 3 is 2.57 bits per heavy atom. The molecule has 23 heavy (non-hydrogen) atoms. The van der Waals surface area contributed by atoms with Gasteiger partial charge < -0.3 is 15.4 Å². The van der Waals surface area contributed by atoms with E-state index >= 15 is 0 Å². The molecule has 0 saturated carbocycles. The van der Waals surface area contributed by atoms with Crippen LogP contribution in [0.2, 0.25) is 0 Å². The number of nitrogens with one attached hydrogen (secondary N) is 2. The van der Waals surface area contributed by atoms with E-state index in [0.29, 0.717) is 43.9 Å². The van der Waals surface area contributed by atoms with Gasteiger partial charge in [-0.2, -0.15) is 0 Å². The summed E-state index contributed by atoms with van der Waals surface area (Å²) in [5, 5.41) is 5.71. The van der Waals surface area contributed by atoms with E-state index in [1.165, 1.54) is 5.57 Å². The van der Waals surface area contributed by atoms with Crippen LogP contribution in [0.15, 0.2) is 11.6 Å². The molecular formula is C18H32N2O3.